The van der Waals surface area contributed by atoms with Crippen LogP contribution in [-0.2, 0) is 0 Å². The Labute approximate surface area is 79.2 Å². The van der Waals surface area contributed by atoms with E-state index in [1.54, 1.807) is 0 Å². The molecule has 14 heavy (non-hydrogen) atoms. The Morgan fingerprint density at radius 1 is 1.00 bits per heavy atom. The first-order chi connectivity index (χ1) is 6.59. The van der Waals surface area contributed by atoms with Crippen LogP contribution in [0.15, 0.2) is 23.5 Å². The molecule has 2 atom stereocenters. The highest BCUT2D eigenvalue weighted by molar-refractivity contribution is 5.27. The first-order valence-corrected chi connectivity index (χ1v) is 4.32. The molecule has 0 radical (unpaired) electrons. The molecule has 6 nitrogen and oxygen atoms in total. The fourth-order valence-corrected chi connectivity index (χ4v) is 1.85. The molecule has 0 amide bonds. The van der Waals surface area contributed by atoms with E-state index < -0.39 is 9.85 Å². The van der Waals surface area contributed by atoms with Gasteiger partial charge in [0.1, 0.15) is 0 Å². The van der Waals surface area contributed by atoms with Crippen molar-refractivity contribution in [2.45, 2.75) is 12.8 Å². The molecule has 6 heteroatoms. The molecule has 0 N–H and O–H groups in total. The quantitative estimate of drug-likeness (QED) is 0.492. The van der Waals surface area contributed by atoms with Crippen LogP contribution in [0, 0.1) is 32.1 Å². The summed E-state index contributed by atoms with van der Waals surface area (Å²) >= 11 is 0. The molecule has 2 aliphatic rings. The average Bonchev–Trinajstić information content (AvgIpc) is 2.05. The second kappa shape index (κ2) is 2.90. The fourth-order valence-electron chi connectivity index (χ4n) is 1.85. The summed E-state index contributed by atoms with van der Waals surface area (Å²) in [6, 6.07) is 0. The number of rotatable bonds is 2. The molecule has 1 fully saturated rings. The van der Waals surface area contributed by atoms with E-state index in [1.807, 2.05) is 0 Å². The van der Waals surface area contributed by atoms with Crippen molar-refractivity contribution in [2.75, 3.05) is 0 Å². The van der Waals surface area contributed by atoms with Crippen LogP contribution in [0.3, 0.4) is 0 Å². The monoisotopic (exact) mass is 196 g/mol. The number of nitrogens with zero attached hydrogens (tertiary/aromatic N) is 2. The Hall–Kier alpha value is -1.72. The predicted molar refractivity (Wildman–Crippen MR) is 46.4 cm³/mol. The Bertz CT molecular complexity index is 336. The second-order valence-electron chi connectivity index (χ2n) is 3.52. The molecular weight excluding hydrogens is 188 g/mol. The number of hydrogen-bond acceptors (Lipinski definition) is 4. The number of allylic oxidation sites excluding steroid dienone is 2. The largest absolute Gasteiger partial charge is 0.342 e. The lowest BCUT2D eigenvalue weighted by molar-refractivity contribution is -0.481. The minimum Gasteiger partial charge on any atom is -0.258 e. The first-order valence-electron chi connectivity index (χ1n) is 4.32. The summed E-state index contributed by atoms with van der Waals surface area (Å²) in [6.45, 7) is 0. The Morgan fingerprint density at radius 3 is 1.57 bits per heavy atom. The van der Waals surface area contributed by atoms with E-state index >= 15 is 0 Å². The maximum Gasteiger partial charge on any atom is 0.342 e. The highest BCUT2D eigenvalue weighted by Crippen LogP contribution is 2.42. The molecule has 0 saturated heterocycles. The van der Waals surface area contributed by atoms with Crippen LogP contribution in [0.1, 0.15) is 12.8 Å². The van der Waals surface area contributed by atoms with Crippen LogP contribution >= 0.6 is 0 Å². The minimum atomic E-state index is -0.677. The Balaban J connectivity index is 2.36. The summed E-state index contributed by atoms with van der Waals surface area (Å²) in [6.07, 6.45) is 4.63. The summed E-state index contributed by atoms with van der Waals surface area (Å²) < 4.78 is 0. The van der Waals surface area contributed by atoms with Crippen molar-refractivity contribution in [1.29, 1.82) is 0 Å². The maximum absolute atomic E-state index is 10.5. The van der Waals surface area contributed by atoms with Crippen molar-refractivity contribution in [3.8, 4) is 0 Å². The van der Waals surface area contributed by atoms with Gasteiger partial charge in [-0.2, -0.15) is 0 Å². The van der Waals surface area contributed by atoms with Crippen LogP contribution in [0.5, 0.6) is 0 Å². The van der Waals surface area contributed by atoms with E-state index in [9.17, 15) is 20.2 Å². The highest BCUT2D eigenvalue weighted by atomic mass is 16.6. The lowest BCUT2D eigenvalue weighted by Gasteiger charge is -2.33. The molecule has 0 aromatic heterocycles. The smallest absolute Gasteiger partial charge is 0.258 e. The Kier molecular flexibility index (Phi) is 1.83. The van der Waals surface area contributed by atoms with Gasteiger partial charge in [-0.25, -0.2) is 0 Å². The van der Waals surface area contributed by atoms with Gasteiger partial charge in [-0.3, -0.25) is 20.2 Å². The molecular formula is C8H8N2O4. The van der Waals surface area contributed by atoms with Gasteiger partial charge in [0.25, 0.3) is 0 Å². The van der Waals surface area contributed by atoms with E-state index in [2.05, 4.69) is 0 Å². The lowest BCUT2D eigenvalue weighted by Crippen LogP contribution is -2.29. The van der Waals surface area contributed by atoms with Gasteiger partial charge in [-0.15, -0.1) is 0 Å². The highest BCUT2D eigenvalue weighted by Gasteiger charge is 2.41. The van der Waals surface area contributed by atoms with E-state index in [-0.39, 0.29) is 23.2 Å². The van der Waals surface area contributed by atoms with Gasteiger partial charge in [-0.05, 0) is 24.7 Å². The van der Waals surface area contributed by atoms with Gasteiger partial charge >= 0.3 is 11.4 Å². The van der Waals surface area contributed by atoms with Crippen LogP contribution in [0.2, 0.25) is 0 Å². The first kappa shape index (κ1) is 8.86. The fraction of sp³-hybridized carbons (Fsp3) is 0.500. The third-order valence-corrected chi connectivity index (χ3v) is 2.78. The molecule has 0 bridgehead atoms. The van der Waals surface area contributed by atoms with Gasteiger partial charge in [0.15, 0.2) is 0 Å². The van der Waals surface area contributed by atoms with Crippen molar-refractivity contribution in [2.24, 2.45) is 11.8 Å². The number of nitro groups is 2. The van der Waals surface area contributed by atoms with Gasteiger partial charge in [0.2, 0.25) is 0 Å². The normalized spacial score (nSPS) is 29.4. The zero-order chi connectivity index (χ0) is 10.3. The summed E-state index contributed by atoms with van der Waals surface area (Å²) in [5, 5.41) is 21.1. The van der Waals surface area contributed by atoms with E-state index in [0.29, 0.717) is 0 Å². The van der Waals surface area contributed by atoms with E-state index in [4.69, 9.17) is 0 Å². The van der Waals surface area contributed by atoms with Crippen molar-refractivity contribution < 1.29 is 9.85 Å². The summed E-state index contributed by atoms with van der Waals surface area (Å²) in [7, 11) is 0. The molecule has 0 unspecified atom stereocenters. The van der Waals surface area contributed by atoms with Gasteiger partial charge in [0, 0.05) is 12.2 Å². The molecule has 0 aromatic rings. The van der Waals surface area contributed by atoms with Crippen molar-refractivity contribution in [3.05, 3.63) is 43.8 Å². The summed E-state index contributed by atoms with van der Waals surface area (Å²) in [5.41, 5.74) is -0.702. The molecule has 0 spiro atoms. The number of hydrogen-bond donors (Lipinski definition) is 0. The van der Waals surface area contributed by atoms with Crippen molar-refractivity contribution in [1.82, 2.24) is 0 Å². The van der Waals surface area contributed by atoms with Crippen LogP contribution < -0.4 is 0 Å². The van der Waals surface area contributed by atoms with Crippen LogP contribution in [0.25, 0.3) is 0 Å². The molecule has 0 heterocycles. The molecule has 1 saturated carbocycles. The minimum absolute atomic E-state index is 0.138. The summed E-state index contributed by atoms with van der Waals surface area (Å²) in [4.78, 5) is 19.7. The lowest BCUT2D eigenvalue weighted by atomic mass is 9.70. The maximum atomic E-state index is 10.5. The van der Waals surface area contributed by atoms with Gasteiger partial charge in [0.05, 0.1) is 9.85 Å². The standard InChI is InChI=1S/C8H8N2O4/c11-9(12)7-3-5-1-2-6(5)4-8(7)10(13)14/h3-6H,1-2H2/t5-,6+. The summed E-state index contributed by atoms with van der Waals surface area (Å²) in [5.74, 6) is 0.276. The predicted octanol–water partition coefficient (Wildman–Crippen LogP) is 1.35. The number of fused-ring (bicyclic) bond motifs is 1. The molecule has 0 aliphatic heterocycles. The SMILES string of the molecule is O=[N+]([O-])C1=C[C@@H]2CC[C@@H]2C=C1[N+](=O)[O-]. The zero-order valence-corrected chi connectivity index (χ0v) is 7.25. The molecule has 0 aromatic carbocycles. The van der Waals surface area contributed by atoms with Crippen LogP contribution in [0.4, 0.5) is 0 Å². The van der Waals surface area contributed by atoms with E-state index in [1.165, 1.54) is 12.2 Å². The van der Waals surface area contributed by atoms with E-state index in [0.717, 1.165) is 12.8 Å². The van der Waals surface area contributed by atoms with Crippen molar-refractivity contribution in [3.63, 3.8) is 0 Å². The average molecular weight is 196 g/mol. The van der Waals surface area contributed by atoms with Gasteiger partial charge in [-0.1, -0.05) is 0 Å². The van der Waals surface area contributed by atoms with Crippen LogP contribution in [-0.4, -0.2) is 9.85 Å². The van der Waals surface area contributed by atoms with Gasteiger partial charge < -0.3 is 0 Å². The molecule has 74 valence electrons. The molecule has 2 aliphatic carbocycles. The third kappa shape index (κ3) is 1.19. The zero-order valence-electron chi connectivity index (χ0n) is 7.25. The third-order valence-electron chi connectivity index (χ3n) is 2.78. The Morgan fingerprint density at radius 2 is 1.36 bits per heavy atom. The molecule has 2 rings (SSSR count). The van der Waals surface area contributed by atoms with Crippen molar-refractivity contribution >= 4 is 0 Å². The topological polar surface area (TPSA) is 86.3 Å². The second-order valence-corrected chi connectivity index (χ2v) is 3.52.